The standard InChI is InChI=1S/C14H14N2O2S/c15-13(17)11-2-1-6-16(11)14(18)10-3-4-12-9(8-10)5-7-19-12/h3-5,7-8,11H,1-2,6H2,(H2,15,17)/t11-/m1/s1. The number of nitrogens with zero attached hydrogens (tertiary/aromatic N) is 1. The number of nitrogens with two attached hydrogens (primary N) is 1. The Hall–Kier alpha value is -1.88. The van der Waals surface area contributed by atoms with Gasteiger partial charge in [-0.1, -0.05) is 0 Å². The first-order chi connectivity index (χ1) is 9.16. The van der Waals surface area contributed by atoms with Gasteiger partial charge in [-0.15, -0.1) is 11.3 Å². The molecule has 1 aromatic heterocycles. The van der Waals surface area contributed by atoms with Crippen molar-refractivity contribution in [2.75, 3.05) is 6.54 Å². The number of carbonyl (C=O) groups excluding carboxylic acids is 2. The molecule has 0 radical (unpaired) electrons. The smallest absolute Gasteiger partial charge is 0.254 e. The summed E-state index contributed by atoms with van der Waals surface area (Å²) in [7, 11) is 0. The van der Waals surface area contributed by atoms with Crippen LogP contribution in [0.3, 0.4) is 0 Å². The Balaban J connectivity index is 1.92. The second kappa shape index (κ2) is 4.66. The Morgan fingerprint density at radius 1 is 1.32 bits per heavy atom. The van der Waals surface area contributed by atoms with Gasteiger partial charge < -0.3 is 10.6 Å². The number of benzene rings is 1. The minimum absolute atomic E-state index is 0.102. The molecule has 3 rings (SSSR count). The van der Waals surface area contributed by atoms with E-state index in [1.165, 1.54) is 0 Å². The second-order valence-electron chi connectivity index (χ2n) is 4.73. The predicted octanol–water partition coefficient (Wildman–Crippen LogP) is 1.99. The molecule has 0 bridgehead atoms. The summed E-state index contributed by atoms with van der Waals surface area (Å²) >= 11 is 1.65. The number of thiophene rings is 1. The summed E-state index contributed by atoms with van der Waals surface area (Å²) < 4.78 is 1.16. The maximum Gasteiger partial charge on any atom is 0.254 e. The topological polar surface area (TPSA) is 63.4 Å². The van der Waals surface area contributed by atoms with Crippen molar-refractivity contribution in [3.8, 4) is 0 Å². The number of hydrogen-bond donors (Lipinski definition) is 1. The predicted molar refractivity (Wildman–Crippen MR) is 75.1 cm³/mol. The van der Waals surface area contributed by atoms with E-state index in [-0.39, 0.29) is 5.91 Å². The monoisotopic (exact) mass is 274 g/mol. The molecule has 98 valence electrons. The third-order valence-corrected chi connectivity index (χ3v) is 4.44. The molecule has 2 N–H and O–H groups in total. The van der Waals surface area contributed by atoms with E-state index >= 15 is 0 Å². The highest BCUT2D eigenvalue weighted by Crippen LogP contribution is 2.24. The number of carbonyl (C=O) groups is 2. The molecule has 0 aliphatic carbocycles. The van der Waals surface area contributed by atoms with Crippen molar-refractivity contribution in [3.05, 3.63) is 35.2 Å². The molecule has 2 heterocycles. The minimum Gasteiger partial charge on any atom is -0.368 e. The number of amides is 2. The van der Waals surface area contributed by atoms with Gasteiger partial charge in [0, 0.05) is 16.8 Å². The van der Waals surface area contributed by atoms with E-state index in [0.29, 0.717) is 18.5 Å². The first kappa shape index (κ1) is 12.2. The molecular formula is C14H14N2O2S. The largest absolute Gasteiger partial charge is 0.368 e. The molecule has 0 spiro atoms. The van der Waals surface area contributed by atoms with Crippen molar-refractivity contribution in [2.24, 2.45) is 5.73 Å². The fourth-order valence-corrected chi connectivity index (χ4v) is 3.34. The van der Waals surface area contributed by atoms with Gasteiger partial charge in [-0.05, 0) is 47.9 Å². The lowest BCUT2D eigenvalue weighted by molar-refractivity contribution is -0.121. The molecule has 1 fully saturated rings. The van der Waals surface area contributed by atoms with Crippen molar-refractivity contribution in [2.45, 2.75) is 18.9 Å². The van der Waals surface area contributed by atoms with Crippen LogP contribution in [0, 0.1) is 0 Å². The van der Waals surface area contributed by atoms with Crippen LogP contribution in [0.5, 0.6) is 0 Å². The van der Waals surface area contributed by atoms with Crippen LogP contribution >= 0.6 is 11.3 Å². The molecule has 1 atom stereocenters. The van der Waals surface area contributed by atoms with E-state index in [4.69, 9.17) is 5.73 Å². The van der Waals surface area contributed by atoms with Gasteiger partial charge >= 0.3 is 0 Å². The van der Waals surface area contributed by atoms with Gasteiger partial charge in [-0.3, -0.25) is 9.59 Å². The van der Waals surface area contributed by atoms with Crippen LogP contribution < -0.4 is 5.73 Å². The highest BCUT2D eigenvalue weighted by atomic mass is 32.1. The summed E-state index contributed by atoms with van der Waals surface area (Å²) in [6.07, 6.45) is 1.50. The SMILES string of the molecule is NC(=O)[C@H]1CCCN1C(=O)c1ccc2sccc2c1. The van der Waals surface area contributed by atoms with Crippen molar-refractivity contribution in [1.29, 1.82) is 0 Å². The number of rotatable bonds is 2. The Kier molecular flexibility index (Phi) is 2.98. The van der Waals surface area contributed by atoms with Crippen LogP contribution in [0.4, 0.5) is 0 Å². The summed E-state index contributed by atoms with van der Waals surface area (Å²) in [5, 5.41) is 3.06. The summed E-state index contributed by atoms with van der Waals surface area (Å²) in [5.41, 5.74) is 5.97. The lowest BCUT2D eigenvalue weighted by atomic mass is 10.1. The lowest BCUT2D eigenvalue weighted by Crippen LogP contribution is -2.43. The number of likely N-dealkylation sites (tertiary alicyclic amines) is 1. The lowest BCUT2D eigenvalue weighted by Gasteiger charge is -2.22. The Labute approximate surface area is 114 Å². The summed E-state index contributed by atoms with van der Waals surface area (Å²) in [6.45, 7) is 0.605. The molecule has 2 aromatic rings. The van der Waals surface area contributed by atoms with Gasteiger partial charge in [0.1, 0.15) is 6.04 Å². The molecule has 19 heavy (non-hydrogen) atoms. The molecule has 1 aliphatic rings. The molecule has 2 amide bonds. The fourth-order valence-electron chi connectivity index (χ4n) is 2.57. The highest BCUT2D eigenvalue weighted by molar-refractivity contribution is 7.17. The Morgan fingerprint density at radius 3 is 2.95 bits per heavy atom. The van der Waals surface area contributed by atoms with Gasteiger partial charge in [0.05, 0.1) is 0 Å². The summed E-state index contributed by atoms with van der Waals surface area (Å²) in [4.78, 5) is 25.4. The zero-order valence-electron chi connectivity index (χ0n) is 10.3. The number of hydrogen-bond acceptors (Lipinski definition) is 3. The highest BCUT2D eigenvalue weighted by Gasteiger charge is 2.33. The molecule has 1 aliphatic heterocycles. The van der Waals surface area contributed by atoms with Crippen LogP contribution in [0.2, 0.25) is 0 Å². The minimum atomic E-state index is -0.453. The van der Waals surface area contributed by atoms with Gasteiger partial charge in [0.15, 0.2) is 0 Å². The van der Waals surface area contributed by atoms with Crippen molar-refractivity contribution in [1.82, 2.24) is 4.90 Å². The van der Waals surface area contributed by atoms with Crippen molar-refractivity contribution in [3.63, 3.8) is 0 Å². The quantitative estimate of drug-likeness (QED) is 0.910. The summed E-state index contributed by atoms with van der Waals surface area (Å²) in [6, 6.07) is 7.18. The van der Waals surface area contributed by atoms with Crippen molar-refractivity contribution >= 4 is 33.2 Å². The first-order valence-electron chi connectivity index (χ1n) is 6.24. The van der Waals surface area contributed by atoms with E-state index < -0.39 is 11.9 Å². The molecule has 1 aromatic carbocycles. The zero-order valence-corrected chi connectivity index (χ0v) is 11.2. The normalized spacial score (nSPS) is 18.9. The van der Waals surface area contributed by atoms with E-state index in [1.54, 1.807) is 16.2 Å². The Bertz CT molecular complexity index is 650. The molecular weight excluding hydrogens is 260 g/mol. The molecule has 0 unspecified atom stereocenters. The van der Waals surface area contributed by atoms with Crippen LogP contribution in [0.25, 0.3) is 10.1 Å². The van der Waals surface area contributed by atoms with Crippen LogP contribution in [0.15, 0.2) is 29.6 Å². The average molecular weight is 274 g/mol. The Morgan fingerprint density at radius 2 is 2.16 bits per heavy atom. The van der Waals surface area contributed by atoms with E-state index in [2.05, 4.69) is 0 Å². The molecule has 0 saturated carbocycles. The van der Waals surface area contributed by atoms with Crippen LogP contribution in [-0.4, -0.2) is 29.3 Å². The third-order valence-electron chi connectivity index (χ3n) is 3.54. The average Bonchev–Trinajstić information content (AvgIpc) is 3.05. The van der Waals surface area contributed by atoms with E-state index in [0.717, 1.165) is 16.5 Å². The number of primary amides is 1. The maximum atomic E-state index is 12.4. The molecule has 5 heteroatoms. The first-order valence-corrected chi connectivity index (χ1v) is 7.12. The third kappa shape index (κ3) is 2.10. The molecule has 1 saturated heterocycles. The fraction of sp³-hybridized carbons (Fsp3) is 0.286. The van der Waals surface area contributed by atoms with Crippen LogP contribution in [0.1, 0.15) is 23.2 Å². The van der Waals surface area contributed by atoms with Gasteiger partial charge in [-0.2, -0.15) is 0 Å². The second-order valence-corrected chi connectivity index (χ2v) is 5.68. The van der Waals surface area contributed by atoms with E-state index in [1.807, 2.05) is 29.6 Å². The summed E-state index contributed by atoms with van der Waals surface area (Å²) in [5.74, 6) is -0.517. The van der Waals surface area contributed by atoms with Crippen LogP contribution in [-0.2, 0) is 4.79 Å². The maximum absolute atomic E-state index is 12.4. The van der Waals surface area contributed by atoms with Gasteiger partial charge in [-0.25, -0.2) is 0 Å². The van der Waals surface area contributed by atoms with E-state index in [9.17, 15) is 9.59 Å². The van der Waals surface area contributed by atoms with Crippen molar-refractivity contribution < 1.29 is 9.59 Å². The van der Waals surface area contributed by atoms with Gasteiger partial charge in [0.2, 0.25) is 5.91 Å². The van der Waals surface area contributed by atoms with Gasteiger partial charge in [0.25, 0.3) is 5.91 Å². The number of fused-ring (bicyclic) bond motifs is 1. The zero-order chi connectivity index (χ0) is 13.4. The molecule has 4 nitrogen and oxygen atoms in total.